The highest BCUT2D eigenvalue weighted by Gasteiger charge is 2.12. The van der Waals surface area contributed by atoms with E-state index in [4.69, 9.17) is 10.7 Å². The van der Waals surface area contributed by atoms with Gasteiger partial charge in [0.05, 0.1) is 10.7 Å². The minimum atomic E-state index is 0.647. The highest BCUT2D eigenvalue weighted by Crippen LogP contribution is 2.29. The van der Waals surface area contributed by atoms with E-state index in [-0.39, 0.29) is 0 Å². The zero-order valence-corrected chi connectivity index (χ0v) is 12.5. The van der Waals surface area contributed by atoms with Crippen LogP contribution >= 0.6 is 11.3 Å². The molecule has 0 spiro atoms. The van der Waals surface area contributed by atoms with Gasteiger partial charge in [-0.15, -0.1) is 11.3 Å². The molecule has 106 valence electrons. The van der Waals surface area contributed by atoms with Gasteiger partial charge in [-0.05, 0) is 24.6 Å². The molecule has 0 bridgehead atoms. The molecule has 0 aliphatic carbocycles. The summed E-state index contributed by atoms with van der Waals surface area (Å²) < 4.78 is 0. The van der Waals surface area contributed by atoms with Crippen molar-refractivity contribution in [3.05, 3.63) is 70.3 Å². The van der Waals surface area contributed by atoms with E-state index < -0.39 is 0 Å². The molecule has 2 heterocycles. The first-order valence-electron chi connectivity index (χ1n) is 7.00. The molecule has 0 aliphatic heterocycles. The molecule has 0 fully saturated rings. The lowest BCUT2D eigenvalue weighted by Gasteiger charge is -2.00. The molecule has 0 unspecified atom stereocenters. The van der Waals surface area contributed by atoms with Gasteiger partial charge in [0.1, 0.15) is 0 Å². The number of hydrogen-bond donors (Lipinski definition) is 1. The van der Waals surface area contributed by atoms with Gasteiger partial charge in [0, 0.05) is 29.3 Å². The van der Waals surface area contributed by atoms with Crippen molar-refractivity contribution in [1.82, 2.24) is 9.97 Å². The predicted octanol–water partition coefficient (Wildman–Crippen LogP) is 3.30. The van der Waals surface area contributed by atoms with Crippen LogP contribution in [0.1, 0.15) is 15.4 Å². The van der Waals surface area contributed by atoms with Gasteiger partial charge < -0.3 is 5.73 Å². The van der Waals surface area contributed by atoms with Crippen LogP contribution in [0.2, 0.25) is 0 Å². The summed E-state index contributed by atoms with van der Waals surface area (Å²) in [4.78, 5) is 10.3. The fraction of sp³-hybridized carbons (Fsp3) is 0.176. The van der Waals surface area contributed by atoms with E-state index in [2.05, 4.69) is 23.2 Å². The van der Waals surface area contributed by atoms with Crippen molar-refractivity contribution in [2.24, 2.45) is 5.73 Å². The van der Waals surface area contributed by atoms with Gasteiger partial charge in [-0.1, -0.05) is 36.4 Å². The summed E-state index contributed by atoms with van der Waals surface area (Å²) in [7, 11) is 0. The number of pyridine rings is 1. The third-order valence-electron chi connectivity index (χ3n) is 3.24. The van der Waals surface area contributed by atoms with Gasteiger partial charge in [-0.3, -0.25) is 4.98 Å². The van der Waals surface area contributed by atoms with Crippen LogP contribution in [-0.4, -0.2) is 16.5 Å². The Morgan fingerprint density at radius 3 is 2.62 bits per heavy atom. The third-order valence-corrected chi connectivity index (χ3v) is 4.35. The molecular weight excluding hydrogens is 278 g/mol. The van der Waals surface area contributed by atoms with Gasteiger partial charge in [0.25, 0.3) is 0 Å². The number of hydrogen-bond acceptors (Lipinski definition) is 4. The van der Waals surface area contributed by atoms with Gasteiger partial charge in [-0.2, -0.15) is 0 Å². The van der Waals surface area contributed by atoms with Gasteiger partial charge in [0.2, 0.25) is 0 Å². The number of aromatic nitrogens is 2. The zero-order valence-electron chi connectivity index (χ0n) is 11.7. The van der Waals surface area contributed by atoms with E-state index in [1.54, 1.807) is 17.5 Å². The lowest BCUT2D eigenvalue weighted by atomic mass is 10.1. The molecule has 21 heavy (non-hydrogen) atoms. The normalized spacial score (nSPS) is 10.7. The van der Waals surface area contributed by atoms with Crippen molar-refractivity contribution in [2.75, 3.05) is 6.54 Å². The fourth-order valence-corrected chi connectivity index (χ4v) is 3.42. The summed E-state index contributed by atoms with van der Waals surface area (Å²) in [5.41, 5.74) is 9.16. The maximum absolute atomic E-state index is 5.74. The van der Waals surface area contributed by atoms with Crippen molar-refractivity contribution in [3.63, 3.8) is 0 Å². The number of thiazole rings is 1. The molecule has 4 heteroatoms. The highest BCUT2D eigenvalue weighted by molar-refractivity contribution is 7.12. The van der Waals surface area contributed by atoms with Crippen LogP contribution in [0.25, 0.3) is 11.3 Å². The Kier molecular flexibility index (Phi) is 4.38. The Bertz CT molecular complexity index is 693. The van der Waals surface area contributed by atoms with Gasteiger partial charge in [0.15, 0.2) is 0 Å². The molecule has 2 aromatic heterocycles. The molecule has 0 saturated heterocycles. The second-order valence-electron chi connectivity index (χ2n) is 4.82. The van der Waals surface area contributed by atoms with Crippen LogP contribution in [0.4, 0.5) is 0 Å². The number of rotatable bonds is 5. The monoisotopic (exact) mass is 295 g/mol. The van der Waals surface area contributed by atoms with E-state index in [1.165, 1.54) is 10.4 Å². The lowest BCUT2D eigenvalue weighted by Crippen LogP contribution is -2.02. The summed E-state index contributed by atoms with van der Waals surface area (Å²) in [5, 5.41) is 1.12. The molecule has 0 aliphatic rings. The first kappa shape index (κ1) is 13.9. The van der Waals surface area contributed by atoms with Crippen LogP contribution in [0.3, 0.4) is 0 Å². The number of nitrogens with zero attached hydrogens (tertiary/aromatic N) is 2. The fourth-order valence-electron chi connectivity index (χ4n) is 2.28. The number of nitrogens with two attached hydrogens (primary N) is 1. The maximum atomic E-state index is 5.74. The molecule has 0 atom stereocenters. The van der Waals surface area contributed by atoms with Crippen molar-refractivity contribution < 1.29 is 0 Å². The Morgan fingerprint density at radius 2 is 1.90 bits per heavy atom. The van der Waals surface area contributed by atoms with Crippen molar-refractivity contribution >= 4 is 11.3 Å². The third kappa shape index (κ3) is 3.35. The second-order valence-corrected chi connectivity index (χ2v) is 5.99. The zero-order chi connectivity index (χ0) is 14.5. The summed E-state index contributed by atoms with van der Waals surface area (Å²) in [6.45, 7) is 0.647. The molecule has 2 N–H and O–H groups in total. The largest absolute Gasteiger partial charge is 0.330 e. The van der Waals surface area contributed by atoms with Crippen LogP contribution in [0.15, 0.2) is 54.9 Å². The molecular formula is C17H17N3S. The van der Waals surface area contributed by atoms with Crippen molar-refractivity contribution in [1.29, 1.82) is 0 Å². The average Bonchev–Trinajstić information content (AvgIpc) is 2.92. The quantitative estimate of drug-likeness (QED) is 0.785. The van der Waals surface area contributed by atoms with E-state index in [0.29, 0.717) is 6.54 Å². The molecule has 0 amide bonds. The van der Waals surface area contributed by atoms with Crippen LogP contribution in [0, 0.1) is 0 Å². The Balaban J connectivity index is 1.93. The first-order chi connectivity index (χ1) is 10.4. The minimum Gasteiger partial charge on any atom is -0.330 e. The Hall–Kier alpha value is -2.04. The molecule has 0 radical (unpaired) electrons. The van der Waals surface area contributed by atoms with E-state index in [9.17, 15) is 0 Å². The summed E-state index contributed by atoms with van der Waals surface area (Å²) in [6, 6.07) is 14.4. The molecule has 0 saturated carbocycles. The van der Waals surface area contributed by atoms with Crippen molar-refractivity contribution in [2.45, 2.75) is 12.8 Å². The van der Waals surface area contributed by atoms with Gasteiger partial charge >= 0.3 is 0 Å². The second kappa shape index (κ2) is 6.61. The smallest absolute Gasteiger partial charge is 0.0979 e. The van der Waals surface area contributed by atoms with Crippen LogP contribution in [0.5, 0.6) is 0 Å². The highest BCUT2D eigenvalue weighted by atomic mass is 32.1. The van der Waals surface area contributed by atoms with Crippen LogP contribution < -0.4 is 5.73 Å². The molecule has 1 aromatic carbocycles. The Morgan fingerprint density at radius 1 is 1.05 bits per heavy atom. The number of benzene rings is 1. The average molecular weight is 295 g/mol. The van der Waals surface area contributed by atoms with Crippen LogP contribution in [-0.2, 0) is 12.8 Å². The van der Waals surface area contributed by atoms with Gasteiger partial charge in [-0.25, -0.2) is 4.98 Å². The summed E-state index contributed by atoms with van der Waals surface area (Å²) >= 11 is 1.75. The van der Waals surface area contributed by atoms with E-state index >= 15 is 0 Å². The maximum Gasteiger partial charge on any atom is 0.0979 e. The predicted molar refractivity (Wildman–Crippen MR) is 87.4 cm³/mol. The standard InChI is InChI=1S/C17H17N3S/c18-9-8-15-17(14-6-2-1-3-7-14)20-16(21-15)11-13-5-4-10-19-12-13/h1-7,10,12H,8-9,11,18H2. The minimum absolute atomic E-state index is 0.647. The van der Waals surface area contributed by atoms with Crippen molar-refractivity contribution in [3.8, 4) is 11.3 Å². The molecule has 3 aromatic rings. The molecule has 3 rings (SSSR count). The molecule has 3 nitrogen and oxygen atoms in total. The summed E-state index contributed by atoms with van der Waals surface area (Å²) in [5.74, 6) is 0. The van der Waals surface area contributed by atoms with E-state index in [1.807, 2.05) is 30.5 Å². The first-order valence-corrected chi connectivity index (χ1v) is 7.81. The Labute approximate surface area is 128 Å². The SMILES string of the molecule is NCCc1sc(Cc2cccnc2)nc1-c1ccccc1. The lowest BCUT2D eigenvalue weighted by molar-refractivity contribution is 0.985. The van der Waals surface area contributed by atoms with E-state index in [0.717, 1.165) is 29.1 Å². The topological polar surface area (TPSA) is 51.8 Å². The summed E-state index contributed by atoms with van der Waals surface area (Å²) in [6.07, 6.45) is 5.38.